The molecule has 1 unspecified atom stereocenters. The van der Waals surface area contributed by atoms with Gasteiger partial charge in [0.15, 0.2) is 0 Å². The summed E-state index contributed by atoms with van der Waals surface area (Å²) in [5.41, 5.74) is 3.88. The average molecular weight is 224 g/mol. The van der Waals surface area contributed by atoms with E-state index >= 15 is 0 Å². The zero-order chi connectivity index (χ0) is 12.1. The summed E-state index contributed by atoms with van der Waals surface area (Å²) in [6.07, 6.45) is 0. The second-order valence-corrected chi connectivity index (χ2v) is 3.17. The van der Waals surface area contributed by atoms with E-state index in [1.54, 1.807) is 24.3 Å². The molecular weight excluding hydrogens is 210 g/mol. The van der Waals surface area contributed by atoms with Gasteiger partial charge < -0.3 is 15.2 Å². The van der Waals surface area contributed by atoms with Crippen molar-refractivity contribution in [1.82, 2.24) is 0 Å². The maximum Gasteiger partial charge on any atom is 0.373 e. The Morgan fingerprint density at radius 2 is 1.75 bits per heavy atom. The van der Waals surface area contributed by atoms with Crippen LogP contribution >= 0.6 is 0 Å². The Hall–Kier alpha value is -1.88. The van der Waals surface area contributed by atoms with E-state index in [1.165, 1.54) is 14.2 Å². The van der Waals surface area contributed by atoms with Crippen LogP contribution in [0.15, 0.2) is 24.3 Å². The molecule has 0 saturated heterocycles. The van der Waals surface area contributed by atoms with E-state index in [0.717, 1.165) is 0 Å². The zero-order valence-corrected chi connectivity index (χ0v) is 9.23. The van der Waals surface area contributed by atoms with E-state index in [0.29, 0.717) is 11.3 Å². The standard InChI is InChI=1S/C11H13NO4/c1-15-8-5-3-7(4-6-8)10(13)9(12)11(14)16-2/h3-6,9H,12H2,1-2H3/p+1. The van der Waals surface area contributed by atoms with Crippen molar-refractivity contribution in [3.8, 4) is 5.75 Å². The van der Waals surface area contributed by atoms with E-state index in [1.807, 2.05) is 0 Å². The van der Waals surface area contributed by atoms with Crippen LogP contribution in [0.25, 0.3) is 0 Å². The molecule has 0 aliphatic heterocycles. The topological polar surface area (TPSA) is 80.2 Å². The summed E-state index contributed by atoms with van der Waals surface area (Å²) in [5.74, 6) is -0.356. The van der Waals surface area contributed by atoms with E-state index in [4.69, 9.17) is 4.74 Å². The molecule has 5 nitrogen and oxygen atoms in total. The Kier molecular flexibility index (Phi) is 4.02. The highest BCUT2D eigenvalue weighted by Gasteiger charge is 2.27. The Balaban J connectivity index is 2.84. The zero-order valence-electron chi connectivity index (χ0n) is 9.23. The van der Waals surface area contributed by atoms with Gasteiger partial charge in [-0.05, 0) is 24.3 Å². The van der Waals surface area contributed by atoms with Crippen LogP contribution in [0.5, 0.6) is 5.75 Å². The predicted molar refractivity (Wildman–Crippen MR) is 56.0 cm³/mol. The number of Topliss-reactive ketones (excluding diaryl/α,β-unsaturated/α-hetero) is 1. The van der Waals surface area contributed by atoms with Gasteiger partial charge in [0.25, 0.3) is 0 Å². The van der Waals surface area contributed by atoms with Crippen molar-refractivity contribution >= 4 is 11.8 Å². The fourth-order valence-electron chi connectivity index (χ4n) is 1.21. The lowest BCUT2D eigenvalue weighted by Crippen LogP contribution is -2.69. The normalized spacial score (nSPS) is 11.7. The number of quaternary nitrogens is 1. The summed E-state index contributed by atoms with van der Waals surface area (Å²) in [6.45, 7) is 0. The lowest BCUT2D eigenvalue weighted by Gasteiger charge is -2.06. The van der Waals surface area contributed by atoms with Crippen LogP contribution in [0.1, 0.15) is 10.4 Å². The van der Waals surface area contributed by atoms with Crippen LogP contribution in [-0.2, 0) is 9.53 Å². The molecule has 0 saturated carbocycles. The van der Waals surface area contributed by atoms with Gasteiger partial charge in [-0.2, -0.15) is 0 Å². The fourth-order valence-corrected chi connectivity index (χ4v) is 1.21. The lowest BCUT2D eigenvalue weighted by atomic mass is 10.1. The number of hydrogen-bond acceptors (Lipinski definition) is 4. The number of carbonyl (C=O) groups excluding carboxylic acids is 2. The third-order valence-corrected chi connectivity index (χ3v) is 2.18. The van der Waals surface area contributed by atoms with E-state index in [-0.39, 0.29) is 5.78 Å². The molecule has 0 heterocycles. The smallest absolute Gasteiger partial charge is 0.373 e. The van der Waals surface area contributed by atoms with E-state index < -0.39 is 12.0 Å². The summed E-state index contributed by atoms with van der Waals surface area (Å²) in [7, 11) is 2.76. The molecule has 1 atom stereocenters. The summed E-state index contributed by atoms with van der Waals surface area (Å²) < 4.78 is 9.41. The number of rotatable bonds is 4. The van der Waals surface area contributed by atoms with Gasteiger partial charge in [-0.3, -0.25) is 4.79 Å². The molecule has 0 spiro atoms. The molecular formula is C11H14NO4+. The summed E-state index contributed by atoms with van der Waals surface area (Å²) >= 11 is 0. The number of carbonyl (C=O) groups is 2. The van der Waals surface area contributed by atoms with Gasteiger partial charge in [-0.15, -0.1) is 0 Å². The van der Waals surface area contributed by atoms with Gasteiger partial charge in [-0.25, -0.2) is 4.79 Å². The molecule has 0 radical (unpaired) electrons. The second kappa shape index (κ2) is 5.27. The Morgan fingerprint density at radius 3 is 2.19 bits per heavy atom. The first kappa shape index (κ1) is 12.2. The highest BCUT2D eigenvalue weighted by atomic mass is 16.5. The van der Waals surface area contributed by atoms with Crippen LogP contribution in [0.3, 0.4) is 0 Å². The molecule has 16 heavy (non-hydrogen) atoms. The molecule has 0 fully saturated rings. The first-order valence-corrected chi connectivity index (χ1v) is 4.69. The number of benzene rings is 1. The first-order chi connectivity index (χ1) is 7.60. The SMILES string of the molecule is COC(=O)C([NH3+])C(=O)c1ccc(OC)cc1. The molecule has 0 aliphatic carbocycles. The van der Waals surface area contributed by atoms with Crippen molar-refractivity contribution < 1.29 is 24.8 Å². The first-order valence-electron chi connectivity index (χ1n) is 4.69. The minimum atomic E-state index is -1.03. The van der Waals surface area contributed by atoms with Crippen LogP contribution < -0.4 is 10.5 Å². The highest BCUT2D eigenvalue weighted by Crippen LogP contribution is 2.12. The van der Waals surface area contributed by atoms with Crippen molar-refractivity contribution in [1.29, 1.82) is 0 Å². The Morgan fingerprint density at radius 1 is 1.19 bits per heavy atom. The number of methoxy groups -OCH3 is 2. The van der Waals surface area contributed by atoms with Crippen molar-refractivity contribution in [2.24, 2.45) is 0 Å². The highest BCUT2D eigenvalue weighted by molar-refractivity contribution is 6.10. The van der Waals surface area contributed by atoms with Crippen molar-refractivity contribution in [3.63, 3.8) is 0 Å². The van der Waals surface area contributed by atoms with E-state index in [9.17, 15) is 9.59 Å². The van der Waals surface area contributed by atoms with E-state index in [2.05, 4.69) is 10.5 Å². The fraction of sp³-hybridized carbons (Fsp3) is 0.273. The Labute approximate surface area is 93.1 Å². The second-order valence-electron chi connectivity index (χ2n) is 3.17. The van der Waals surface area contributed by atoms with Gasteiger partial charge >= 0.3 is 5.97 Å². The molecule has 0 amide bonds. The minimum absolute atomic E-state index is 0.366. The minimum Gasteiger partial charge on any atom is -0.497 e. The van der Waals surface area contributed by atoms with Crippen LogP contribution in [0.2, 0.25) is 0 Å². The molecule has 0 aromatic heterocycles. The van der Waals surface area contributed by atoms with Gasteiger partial charge in [0.2, 0.25) is 11.8 Å². The monoisotopic (exact) mass is 224 g/mol. The van der Waals surface area contributed by atoms with Crippen molar-refractivity contribution in [3.05, 3.63) is 29.8 Å². The van der Waals surface area contributed by atoms with Crippen molar-refractivity contribution in [2.45, 2.75) is 6.04 Å². The summed E-state index contributed by atoms with van der Waals surface area (Å²) in [6, 6.07) is 5.44. The third-order valence-electron chi connectivity index (χ3n) is 2.18. The largest absolute Gasteiger partial charge is 0.497 e. The van der Waals surface area contributed by atoms with Crippen LogP contribution in [0.4, 0.5) is 0 Å². The number of esters is 1. The maximum atomic E-state index is 11.7. The molecule has 1 aromatic carbocycles. The third kappa shape index (κ3) is 2.58. The average Bonchev–Trinajstić information content (AvgIpc) is 2.36. The molecule has 1 aromatic rings. The molecule has 86 valence electrons. The number of ether oxygens (including phenoxy) is 2. The quantitative estimate of drug-likeness (QED) is 0.431. The van der Waals surface area contributed by atoms with Crippen molar-refractivity contribution in [2.75, 3.05) is 14.2 Å². The number of hydrogen-bond donors (Lipinski definition) is 1. The molecule has 3 N–H and O–H groups in total. The summed E-state index contributed by atoms with van der Waals surface area (Å²) in [5, 5.41) is 0. The van der Waals surface area contributed by atoms with Gasteiger partial charge in [0.05, 0.1) is 14.2 Å². The van der Waals surface area contributed by atoms with Gasteiger partial charge in [0.1, 0.15) is 5.75 Å². The predicted octanol–water partition coefficient (Wildman–Crippen LogP) is -0.339. The number of ketones is 1. The maximum absolute atomic E-state index is 11.7. The molecule has 5 heteroatoms. The van der Waals surface area contributed by atoms with Gasteiger partial charge in [0, 0.05) is 5.56 Å². The van der Waals surface area contributed by atoms with Gasteiger partial charge in [-0.1, -0.05) is 0 Å². The lowest BCUT2D eigenvalue weighted by molar-refractivity contribution is -0.388. The van der Waals surface area contributed by atoms with Crippen LogP contribution in [-0.4, -0.2) is 32.0 Å². The van der Waals surface area contributed by atoms with Crippen LogP contribution in [0, 0.1) is 0 Å². The summed E-state index contributed by atoms with van der Waals surface area (Å²) in [4.78, 5) is 22.9. The molecule has 1 rings (SSSR count). The Bertz CT molecular complexity index is 385. The molecule has 0 aliphatic rings. The molecule has 0 bridgehead atoms.